The molecule has 0 spiro atoms. The number of hydrogen-bond donors (Lipinski definition) is 1. The number of aliphatic hydroxyl groups excluding tert-OH is 1. The van der Waals surface area contributed by atoms with Crippen molar-refractivity contribution in [1.29, 1.82) is 0 Å². The lowest BCUT2D eigenvalue weighted by molar-refractivity contribution is -0.0375. The van der Waals surface area contributed by atoms with E-state index in [-0.39, 0.29) is 6.10 Å². The summed E-state index contributed by atoms with van der Waals surface area (Å²) >= 11 is 0. The van der Waals surface area contributed by atoms with Gasteiger partial charge in [-0.3, -0.25) is 4.68 Å². The highest BCUT2D eigenvalue weighted by molar-refractivity contribution is 5.12. The van der Waals surface area contributed by atoms with E-state index in [1.54, 1.807) is 7.11 Å². The average Bonchev–Trinajstić information content (AvgIpc) is 2.71. The Morgan fingerprint density at radius 1 is 1.39 bits per heavy atom. The SMILES string of the molecule is CCc1cc(CC(O)C(OC)C(C)C)n(CC)n1. The van der Waals surface area contributed by atoms with Crippen molar-refractivity contribution >= 4 is 0 Å². The monoisotopic (exact) mass is 254 g/mol. The molecule has 1 rings (SSSR count). The van der Waals surface area contributed by atoms with Gasteiger partial charge in [-0.25, -0.2) is 0 Å². The Morgan fingerprint density at radius 2 is 2.06 bits per heavy atom. The molecule has 1 heterocycles. The fourth-order valence-corrected chi connectivity index (χ4v) is 2.33. The first-order valence-corrected chi connectivity index (χ1v) is 6.79. The lowest BCUT2D eigenvalue weighted by atomic mass is 9.98. The van der Waals surface area contributed by atoms with Crippen LogP contribution < -0.4 is 0 Å². The van der Waals surface area contributed by atoms with Crippen LogP contribution >= 0.6 is 0 Å². The van der Waals surface area contributed by atoms with E-state index in [0.29, 0.717) is 12.3 Å². The fraction of sp³-hybridized carbons (Fsp3) is 0.786. The molecule has 1 aromatic rings. The number of rotatable bonds is 7. The van der Waals surface area contributed by atoms with Gasteiger partial charge in [-0.1, -0.05) is 20.8 Å². The normalized spacial score (nSPS) is 15.1. The van der Waals surface area contributed by atoms with Crippen LogP contribution in [0.15, 0.2) is 6.07 Å². The molecule has 4 nitrogen and oxygen atoms in total. The van der Waals surface area contributed by atoms with E-state index in [9.17, 15) is 5.11 Å². The van der Waals surface area contributed by atoms with Gasteiger partial charge in [-0.05, 0) is 25.3 Å². The first-order valence-electron chi connectivity index (χ1n) is 6.79. The predicted molar refractivity (Wildman–Crippen MR) is 72.6 cm³/mol. The van der Waals surface area contributed by atoms with Crippen LogP contribution in [-0.2, 0) is 24.1 Å². The summed E-state index contributed by atoms with van der Waals surface area (Å²) in [6.45, 7) is 9.12. The maximum Gasteiger partial charge on any atom is 0.0859 e. The van der Waals surface area contributed by atoms with E-state index in [1.807, 2.05) is 4.68 Å². The van der Waals surface area contributed by atoms with E-state index >= 15 is 0 Å². The molecule has 0 saturated carbocycles. The Morgan fingerprint density at radius 3 is 2.50 bits per heavy atom. The molecular formula is C14H26N2O2. The van der Waals surface area contributed by atoms with Crippen molar-refractivity contribution in [2.75, 3.05) is 7.11 Å². The Balaban J connectivity index is 2.79. The van der Waals surface area contributed by atoms with Crippen LogP contribution in [0.3, 0.4) is 0 Å². The van der Waals surface area contributed by atoms with Crippen LogP contribution in [0.4, 0.5) is 0 Å². The number of aryl methyl sites for hydroxylation is 2. The summed E-state index contributed by atoms with van der Waals surface area (Å²) in [4.78, 5) is 0. The molecule has 2 atom stereocenters. The molecule has 0 aliphatic heterocycles. The molecular weight excluding hydrogens is 228 g/mol. The molecule has 0 amide bonds. The van der Waals surface area contributed by atoms with Crippen molar-refractivity contribution in [3.63, 3.8) is 0 Å². The largest absolute Gasteiger partial charge is 0.390 e. The summed E-state index contributed by atoms with van der Waals surface area (Å²) in [6, 6.07) is 2.08. The van der Waals surface area contributed by atoms with Crippen LogP contribution in [0.5, 0.6) is 0 Å². The maximum absolute atomic E-state index is 10.3. The van der Waals surface area contributed by atoms with Gasteiger partial charge in [0.25, 0.3) is 0 Å². The van der Waals surface area contributed by atoms with Crippen molar-refractivity contribution in [3.05, 3.63) is 17.5 Å². The van der Waals surface area contributed by atoms with Gasteiger partial charge in [0.15, 0.2) is 0 Å². The number of ether oxygens (including phenoxy) is 1. The molecule has 0 bridgehead atoms. The molecule has 0 radical (unpaired) electrons. The molecule has 1 aromatic heterocycles. The van der Waals surface area contributed by atoms with E-state index in [2.05, 4.69) is 38.9 Å². The zero-order valence-corrected chi connectivity index (χ0v) is 12.2. The molecule has 4 heteroatoms. The minimum atomic E-state index is -0.485. The van der Waals surface area contributed by atoms with Crippen molar-refractivity contribution in [2.45, 2.75) is 59.3 Å². The Labute approximate surface area is 110 Å². The number of nitrogens with zero attached hydrogens (tertiary/aromatic N) is 2. The minimum Gasteiger partial charge on any atom is -0.390 e. The molecule has 1 N–H and O–H groups in total. The standard InChI is InChI=1S/C14H26N2O2/c1-6-11-8-12(16(7-2)15-11)9-13(17)14(18-5)10(3)4/h8,10,13-14,17H,6-7,9H2,1-5H3. The first kappa shape index (κ1) is 15.2. The van der Waals surface area contributed by atoms with Crippen molar-refractivity contribution in [1.82, 2.24) is 9.78 Å². The molecule has 104 valence electrons. The Kier molecular flexibility index (Phi) is 5.82. The molecule has 18 heavy (non-hydrogen) atoms. The van der Waals surface area contributed by atoms with E-state index in [4.69, 9.17) is 4.74 Å². The zero-order chi connectivity index (χ0) is 13.7. The van der Waals surface area contributed by atoms with E-state index in [1.165, 1.54) is 0 Å². The molecule has 0 saturated heterocycles. The molecule has 0 aliphatic rings. The summed E-state index contributed by atoms with van der Waals surface area (Å²) in [5.41, 5.74) is 2.17. The predicted octanol–water partition coefficient (Wildman–Crippen LogP) is 2.04. The third kappa shape index (κ3) is 3.56. The average molecular weight is 254 g/mol. The minimum absolute atomic E-state index is 0.129. The lowest BCUT2D eigenvalue weighted by Crippen LogP contribution is -2.35. The van der Waals surface area contributed by atoms with Crippen molar-refractivity contribution < 1.29 is 9.84 Å². The lowest BCUT2D eigenvalue weighted by Gasteiger charge is -2.25. The van der Waals surface area contributed by atoms with Gasteiger partial charge in [0, 0.05) is 25.8 Å². The summed E-state index contributed by atoms with van der Waals surface area (Å²) in [5.74, 6) is 0.300. The van der Waals surface area contributed by atoms with Gasteiger partial charge in [0.05, 0.1) is 17.9 Å². The summed E-state index contributed by atoms with van der Waals surface area (Å²) in [7, 11) is 1.66. The Hall–Kier alpha value is -0.870. The second kappa shape index (κ2) is 6.90. The highest BCUT2D eigenvalue weighted by atomic mass is 16.5. The highest BCUT2D eigenvalue weighted by Gasteiger charge is 2.23. The van der Waals surface area contributed by atoms with Crippen LogP contribution in [0, 0.1) is 5.92 Å². The van der Waals surface area contributed by atoms with E-state index in [0.717, 1.165) is 24.4 Å². The zero-order valence-electron chi connectivity index (χ0n) is 12.2. The summed E-state index contributed by atoms with van der Waals surface area (Å²) in [6.07, 6.45) is 0.905. The van der Waals surface area contributed by atoms with Crippen LogP contribution in [0.1, 0.15) is 39.1 Å². The topological polar surface area (TPSA) is 47.3 Å². The molecule has 2 unspecified atom stereocenters. The van der Waals surface area contributed by atoms with Gasteiger partial charge in [-0.15, -0.1) is 0 Å². The van der Waals surface area contributed by atoms with Gasteiger partial charge >= 0.3 is 0 Å². The van der Waals surface area contributed by atoms with Crippen molar-refractivity contribution in [3.8, 4) is 0 Å². The van der Waals surface area contributed by atoms with E-state index < -0.39 is 6.10 Å². The Bertz CT molecular complexity index is 361. The second-order valence-electron chi connectivity index (χ2n) is 5.01. The van der Waals surface area contributed by atoms with Crippen LogP contribution in [0.2, 0.25) is 0 Å². The number of aliphatic hydroxyl groups is 1. The highest BCUT2D eigenvalue weighted by Crippen LogP contribution is 2.16. The first-order chi connectivity index (χ1) is 8.53. The van der Waals surface area contributed by atoms with Crippen LogP contribution in [0.25, 0.3) is 0 Å². The third-order valence-electron chi connectivity index (χ3n) is 3.30. The van der Waals surface area contributed by atoms with Gasteiger partial charge in [-0.2, -0.15) is 5.10 Å². The smallest absolute Gasteiger partial charge is 0.0859 e. The number of hydrogen-bond acceptors (Lipinski definition) is 3. The van der Waals surface area contributed by atoms with Crippen LogP contribution in [-0.4, -0.2) is 34.2 Å². The van der Waals surface area contributed by atoms with Gasteiger partial charge in [0.1, 0.15) is 0 Å². The molecule has 0 aromatic carbocycles. The second-order valence-corrected chi connectivity index (χ2v) is 5.01. The maximum atomic E-state index is 10.3. The summed E-state index contributed by atoms with van der Waals surface area (Å²) in [5, 5.41) is 14.8. The fourth-order valence-electron chi connectivity index (χ4n) is 2.33. The van der Waals surface area contributed by atoms with Crippen molar-refractivity contribution in [2.24, 2.45) is 5.92 Å². The third-order valence-corrected chi connectivity index (χ3v) is 3.30. The van der Waals surface area contributed by atoms with Gasteiger partial charge in [0.2, 0.25) is 0 Å². The molecule has 0 aliphatic carbocycles. The summed E-state index contributed by atoms with van der Waals surface area (Å²) < 4.78 is 7.34. The molecule has 0 fully saturated rings. The number of methoxy groups -OCH3 is 1. The van der Waals surface area contributed by atoms with Gasteiger partial charge < -0.3 is 9.84 Å². The quantitative estimate of drug-likeness (QED) is 0.810. The number of aromatic nitrogens is 2.